The molecule has 0 aliphatic carbocycles. The lowest BCUT2D eigenvalue weighted by atomic mass is 10.1. The molecule has 0 amide bonds. The third-order valence-corrected chi connectivity index (χ3v) is 4.39. The first-order valence-corrected chi connectivity index (χ1v) is 7.77. The Hall–Kier alpha value is -0.620. The summed E-state index contributed by atoms with van der Waals surface area (Å²) in [4.78, 5) is 0. The van der Waals surface area contributed by atoms with E-state index < -0.39 is 10.0 Å². The molecule has 4 nitrogen and oxygen atoms in total. The molecule has 1 unspecified atom stereocenters. The Bertz CT molecular complexity index is 476. The lowest BCUT2D eigenvalue weighted by Gasteiger charge is -2.17. The lowest BCUT2D eigenvalue weighted by Crippen LogP contribution is -2.31. The van der Waals surface area contributed by atoms with E-state index in [1.165, 1.54) is 7.11 Å². The molecule has 6 heteroatoms. The molecule has 0 bridgehead atoms. The number of ether oxygens (including phenoxy) is 1. The van der Waals surface area contributed by atoms with Crippen LogP contribution in [0.5, 0.6) is 0 Å². The fourth-order valence-electron chi connectivity index (χ4n) is 1.60. The van der Waals surface area contributed by atoms with Crippen molar-refractivity contribution >= 4 is 21.6 Å². The van der Waals surface area contributed by atoms with Crippen LogP contribution < -0.4 is 4.72 Å². The monoisotopic (exact) mass is 291 g/mol. The fraction of sp³-hybridized carbons (Fsp3) is 0.500. The summed E-state index contributed by atoms with van der Waals surface area (Å²) < 4.78 is 30.9. The van der Waals surface area contributed by atoms with Gasteiger partial charge in [0.2, 0.25) is 10.0 Å². The number of rotatable bonds is 7. The van der Waals surface area contributed by atoms with Crippen molar-refractivity contribution in [3.63, 3.8) is 0 Å². The first kappa shape index (κ1) is 15.4. The molecule has 0 saturated carbocycles. The molecule has 0 aliphatic heterocycles. The van der Waals surface area contributed by atoms with Gasteiger partial charge in [-0.25, -0.2) is 13.1 Å². The number of methoxy groups -OCH3 is 1. The average molecular weight is 292 g/mol. The predicted molar refractivity (Wildman–Crippen MR) is 73.3 cm³/mol. The van der Waals surface area contributed by atoms with Crippen molar-refractivity contribution in [2.75, 3.05) is 19.4 Å². The SMILES string of the molecule is CCCS(=O)(=O)NCC(OC)c1ccccc1Cl. The second-order valence-corrected chi connectivity index (χ2v) is 6.25. The van der Waals surface area contributed by atoms with Crippen molar-refractivity contribution < 1.29 is 13.2 Å². The van der Waals surface area contributed by atoms with E-state index in [2.05, 4.69) is 4.72 Å². The molecule has 1 rings (SSSR count). The summed E-state index contributed by atoms with van der Waals surface area (Å²) in [6, 6.07) is 7.24. The molecule has 102 valence electrons. The molecule has 1 atom stereocenters. The highest BCUT2D eigenvalue weighted by Gasteiger charge is 2.17. The maximum Gasteiger partial charge on any atom is 0.211 e. The molecule has 0 spiro atoms. The van der Waals surface area contributed by atoms with Crippen LogP contribution in [0.2, 0.25) is 5.02 Å². The number of nitrogens with one attached hydrogen (secondary N) is 1. The van der Waals surface area contributed by atoms with Crippen molar-refractivity contribution in [2.45, 2.75) is 19.4 Å². The lowest BCUT2D eigenvalue weighted by molar-refractivity contribution is 0.107. The smallest absolute Gasteiger partial charge is 0.211 e. The Morgan fingerprint density at radius 3 is 2.61 bits per heavy atom. The Labute approximate surface area is 113 Å². The summed E-state index contributed by atoms with van der Waals surface area (Å²) in [6.07, 6.45) is 0.198. The van der Waals surface area contributed by atoms with Gasteiger partial charge in [-0.2, -0.15) is 0 Å². The largest absolute Gasteiger partial charge is 0.375 e. The Morgan fingerprint density at radius 1 is 1.39 bits per heavy atom. The van der Waals surface area contributed by atoms with E-state index in [1.807, 2.05) is 25.1 Å². The molecular weight excluding hydrogens is 274 g/mol. The molecule has 18 heavy (non-hydrogen) atoms. The number of hydrogen-bond donors (Lipinski definition) is 1. The van der Waals surface area contributed by atoms with Gasteiger partial charge in [0.25, 0.3) is 0 Å². The summed E-state index contributed by atoms with van der Waals surface area (Å²) in [5.41, 5.74) is 0.779. The van der Waals surface area contributed by atoms with E-state index in [-0.39, 0.29) is 18.4 Å². The quantitative estimate of drug-likeness (QED) is 0.839. The van der Waals surface area contributed by atoms with Crippen LogP contribution in [0.1, 0.15) is 25.0 Å². The third kappa shape index (κ3) is 4.57. The minimum Gasteiger partial charge on any atom is -0.375 e. The molecule has 0 heterocycles. The van der Waals surface area contributed by atoms with Crippen LogP contribution in [0.15, 0.2) is 24.3 Å². The van der Waals surface area contributed by atoms with Gasteiger partial charge >= 0.3 is 0 Å². The Kier molecular flexibility index (Phi) is 6.08. The van der Waals surface area contributed by atoms with Gasteiger partial charge in [0, 0.05) is 24.2 Å². The standard InChI is InChI=1S/C12H18ClNO3S/c1-3-8-18(15,16)14-9-12(17-2)10-6-4-5-7-11(10)13/h4-7,12,14H,3,8-9H2,1-2H3. The van der Waals surface area contributed by atoms with Gasteiger partial charge in [-0.3, -0.25) is 0 Å². The normalized spacial score (nSPS) is 13.5. The first-order valence-electron chi connectivity index (χ1n) is 5.74. The van der Waals surface area contributed by atoms with Crippen molar-refractivity contribution in [3.8, 4) is 0 Å². The molecule has 0 aliphatic rings. The van der Waals surface area contributed by atoms with Gasteiger partial charge < -0.3 is 4.74 Å². The maximum absolute atomic E-state index is 11.6. The highest BCUT2D eigenvalue weighted by Crippen LogP contribution is 2.24. The van der Waals surface area contributed by atoms with Crippen molar-refractivity contribution in [2.24, 2.45) is 0 Å². The average Bonchev–Trinajstić information content (AvgIpc) is 2.32. The van der Waals surface area contributed by atoms with Gasteiger partial charge in [-0.05, 0) is 12.5 Å². The summed E-state index contributed by atoms with van der Waals surface area (Å²) in [7, 11) is -1.70. The van der Waals surface area contributed by atoms with Crippen molar-refractivity contribution in [1.29, 1.82) is 0 Å². The van der Waals surface area contributed by atoms with E-state index in [9.17, 15) is 8.42 Å². The zero-order valence-corrected chi connectivity index (χ0v) is 12.1. The molecule has 1 N–H and O–H groups in total. The predicted octanol–water partition coefficient (Wildman–Crippen LogP) is 2.36. The van der Waals surface area contributed by atoms with E-state index >= 15 is 0 Å². The maximum atomic E-state index is 11.6. The summed E-state index contributed by atoms with van der Waals surface area (Å²) in [5.74, 6) is 0.117. The topological polar surface area (TPSA) is 55.4 Å². The Balaban J connectivity index is 2.72. The molecule has 0 aromatic heterocycles. The van der Waals surface area contributed by atoms with Crippen LogP contribution in [0.25, 0.3) is 0 Å². The van der Waals surface area contributed by atoms with Gasteiger partial charge in [-0.1, -0.05) is 36.7 Å². The van der Waals surface area contributed by atoms with Gasteiger partial charge in [0.1, 0.15) is 0 Å². The number of benzene rings is 1. The molecule has 0 saturated heterocycles. The van der Waals surface area contributed by atoms with Crippen LogP contribution >= 0.6 is 11.6 Å². The molecule has 1 aromatic rings. The van der Waals surface area contributed by atoms with Crippen LogP contribution in [0.3, 0.4) is 0 Å². The molecular formula is C12H18ClNO3S. The van der Waals surface area contributed by atoms with Crippen LogP contribution in [-0.4, -0.2) is 27.8 Å². The van der Waals surface area contributed by atoms with E-state index in [1.54, 1.807) is 6.07 Å². The summed E-state index contributed by atoms with van der Waals surface area (Å²) in [5, 5.41) is 0.569. The fourth-order valence-corrected chi connectivity index (χ4v) is 2.94. The van der Waals surface area contributed by atoms with Gasteiger partial charge in [0.05, 0.1) is 11.9 Å². The van der Waals surface area contributed by atoms with E-state index in [0.717, 1.165) is 5.56 Å². The molecule has 0 fully saturated rings. The highest BCUT2D eigenvalue weighted by atomic mass is 35.5. The molecule has 1 aromatic carbocycles. The highest BCUT2D eigenvalue weighted by molar-refractivity contribution is 7.89. The minimum absolute atomic E-state index is 0.117. The second-order valence-electron chi connectivity index (χ2n) is 3.91. The minimum atomic E-state index is -3.23. The van der Waals surface area contributed by atoms with Crippen LogP contribution in [-0.2, 0) is 14.8 Å². The van der Waals surface area contributed by atoms with Crippen molar-refractivity contribution in [3.05, 3.63) is 34.9 Å². The zero-order valence-electron chi connectivity index (χ0n) is 10.5. The number of halogens is 1. The third-order valence-electron chi connectivity index (χ3n) is 2.50. The van der Waals surface area contributed by atoms with E-state index in [0.29, 0.717) is 11.4 Å². The van der Waals surface area contributed by atoms with Gasteiger partial charge in [-0.15, -0.1) is 0 Å². The number of sulfonamides is 1. The van der Waals surface area contributed by atoms with Crippen LogP contribution in [0.4, 0.5) is 0 Å². The summed E-state index contributed by atoms with van der Waals surface area (Å²) >= 11 is 6.05. The van der Waals surface area contributed by atoms with Crippen molar-refractivity contribution in [1.82, 2.24) is 4.72 Å². The zero-order chi connectivity index (χ0) is 13.6. The number of hydrogen-bond acceptors (Lipinski definition) is 3. The molecule has 0 radical (unpaired) electrons. The van der Waals surface area contributed by atoms with Crippen LogP contribution in [0, 0.1) is 0 Å². The second kappa shape index (κ2) is 7.09. The Morgan fingerprint density at radius 2 is 2.06 bits per heavy atom. The van der Waals surface area contributed by atoms with E-state index in [4.69, 9.17) is 16.3 Å². The van der Waals surface area contributed by atoms with Gasteiger partial charge in [0.15, 0.2) is 0 Å². The first-order chi connectivity index (χ1) is 8.50. The summed E-state index contributed by atoms with van der Waals surface area (Å²) in [6.45, 7) is 2.00.